The number of rotatable bonds is 5. The Kier molecular flexibility index (Phi) is 5.62. The maximum atomic E-state index is 13.3. The number of fused-ring (bicyclic) bond motifs is 2. The van der Waals surface area contributed by atoms with E-state index in [9.17, 15) is 9.59 Å². The van der Waals surface area contributed by atoms with Crippen LogP contribution >= 0.6 is 0 Å². The molecule has 170 valence electrons. The van der Waals surface area contributed by atoms with Crippen LogP contribution in [0.2, 0.25) is 0 Å². The van der Waals surface area contributed by atoms with E-state index in [0.29, 0.717) is 17.5 Å². The monoisotopic (exact) mass is 451 g/mol. The second-order valence-electron chi connectivity index (χ2n) is 8.77. The number of benzene rings is 2. The van der Waals surface area contributed by atoms with E-state index in [1.54, 1.807) is 6.26 Å². The summed E-state index contributed by atoms with van der Waals surface area (Å²) in [6, 6.07) is 15.1. The van der Waals surface area contributed by atoms with Crippen molar-refractivity contribution in [1.29, 1.82) is 0 Å². The number of hydrogen-bond donors (Lipinski definition) is 0. The van der Waals surface area contributed by atoms with E-state index in [2.05, 4.69) is 0 Å². The Morgan fingerprint density at radius 3 is 2.59 bits per heavy atom. The summed E-state index contributed by atoms with van der Waals surface area (Å²) in [5.41, 5.74) is 7.51. The minimum absolute atomic E-state index is 0.206. The lowest BCUT2D eigenvalue weighted by Gasteiger charge is -2.13. The normalized spacial score (nSPS) is 13.9. The van der Waals surface area contributed by atoms with Crippen LogP contribution in [0.25, 0.3) is 22.6 Å². The van der Waals surface area contributed by atoms with Gasteiger partial charge in [-0.3, -0.25) is 4.79 Å². The number of pyridine rings is 1. The van der Waals surface area contributed by atoms with E-state index >= 15 is 0 Å². The average Bonchev–Trinajstić information content (AvgIpc) is 3.48. The zero-order chi connectivity index (χ0) is 23.8. The van der Waals surface area contributed by atoms with Crippen molar-refractivity contribution in [2.75, 3.05) is 6.61 Å². The Morgan fingerprint density at radius 2 is 1.79 bits per heavy atom. The molecule has 2 aromatic heterocycles. The molecule has 1 aliphatic rings. The van der Waals surface area contributed by atoms with E-state index in [0.717, 1.165) is 56.6 Å². The predicted octanol–water partition coefficient (Wildman–Crippen LogP) is 6.28. The highest BCUT2D eigenvalue weighted by Gasteiger charge is 2.28. The van der Waals surface area contributed by atoms with Crippen LogP contribution in [-0.4, -0.2) is 23.3 Å². The van der Waals surface area contributed by atoms with E-state index in [1.165, 1.54) is 0 Å². The van der Waals surface area contributed by atoms with Crippen molar-refractivity contribution < 1.29 is 18.7 Å². The summed E-state index contributed by atoms with van der Waals surface area (Å²) in [5.74, 6) is 0.0441. The van der Waals surface area contributed by atoms with Crippen LogP contribution in [0.5, 0.6) is 0 Å². The molecule has 0 aliphatic heterocycles. The molecule has 5 nitrogen and oxygen atoms in total. The van der Waals surface area contributed by atoms with Crippen molar-refractivity contribution >= 4 is 34.3 Å². The van der Waals surface area contributed by atoms with Crippen LogP contribution in [-0.2, 0) is 11.2 Å². The highest BCUT2D eigenvalue weighted by molar-refractivity contribution is 6.08. The summed E-state index contributed by atoms with van der Waals surface area (Å²) in [6.45, 7) is 5.58. The zero-order valence-electron chi connectivity index (χ0n) is 19.5. The first-order chi connectivity index (χ1) is 16.4. The van der Waals surface area contributed by atoms with Crippen LogP contribution in [0, 0.1) is 20.8 Å². The first kappa shape index (κ1) is 21.8. The van der Waals surface area contributed by atoms with Gasteiger partial charge in [-0.2, -0.15) is 0 Å². The standard InChI is InChI=1S/C29H25NO4/c1-17-13-19(3)24(14-18(17)2)26(31)16-34-29(32)27-22-8-4-5-9-25(22)30-28-20(10-11-23(27)28)15-21-7-6-12-33-21/h4-9,12-15H,10-11,16H2,1-3H3. The molecule has 0 saturated carbocycles. The Balaban J connectivity index is 1.48. The first-order valence-corrected chi connectivity index (χ1v) is 11.4. The summed E-state index contributed by atoms with van der Waals surface area (Å²) in [7, 11) is 0. The molecule has 5 heteroatoms. The number of hydrogen-bond acceptors (Lipinski definition) is 5. The molecule has 2 aromatic carbocycles. The van der Waals surface area contributed by atoms with Gasteiger partial charge in [-0.25, -0.2) is 9.78 Å². The number of allylic oxidation sites excluding steroid dienone is 1. The molecular weight excluding hydrogens is 426 g/mol. The van der Waals surface area contributed by atoms with Gasteiger partial charge in [-0.15, -0.1) is 0 Å². The first-order valence-electron chi connectivity index (χ1n) is 11.4. The van der Waals surface area contributed by atoms with Crippen LogP contribution in [0.1, 0.15) is 60.8 Å². The van der Waals surface area contributed by atoms with Crippen LogP contribution < -0.4 is 0 Å². The molecule has 4 aromatic rings. The molecule has 1 aliphatic carbocycles. The molecule has 0 saturated heterocycles. The van der Waals surface area contributed by atoms with Gasteiger partial charge in [0.1, 0.15) is 5.76 Å². The fourth-order valence-electron chi connectivity index (χ4n) is 4.60. The summed E-state index contributed by atoms with van der Waals surface area (Å²) in [5, 5.41) is 0.736. The van der Waals surface area contributed by atoms with Crippen molar-refractivity contribution in [3.63, 3.8) is 0 Å². The quantitative estimate of drug-likeness (QED) is 0.264. The second kappa shape index (κ2) is 8.75. The third-order valence-corrected chi connectivity index (χ3v) is 6.48. The average molecular weight is 452 g/mol. The van der Waals surface area contributed by atoms with Crippen molar-refractivity contribution in [2.24, 2.45) is 0 Å². The van der Waals surface area contributed by atoms with Gasteiger partial charge in [0.2, 0.25) is 5.78 Å². The largest absolute Gasteiger partial charge is 0.465 e. The van der Waals surface area contributed by atoms with Crippen LogP contribution in [0.15, 0.2) is 59.2 Å². The summed E-state index contributed by atoms with van der Waals surface area (Å²) in [6.07, 6.45) is 5.02. The van der Waals surface area contributed by atoms with Crippen molar-refractivity contribution in [3.8, 4) is 0 Å². The highest BCUT2D eigenvalue weighted by atomic mass is 16.5. The van der Waals surface area contributed by atoms with E-state index < -0.39 is 5.97 Å². The van der Waals surface area contributed by atoms with E-state index in [4.69, 9.17) is 14.1 Å². The molecular formula is C29H25NO4. The van der Waals surface area contributed by atoms with E-state index in [1.807, 2.05) is 75.4 Å². The number of carbonyl (C=O) groups is 2. The third kappa shape index (κ3) is 3.94. The lowest BCUT2D eigenvalue weighted by Crippen LogP contribution is -2.17. The number of furan rings is 1. The number of Topliss-reactive ketones (excluding diaryl/α,β-unsaturated/α-hetero) is 1. The molecule has 0 atom stereocenters. The number of nitrogens with zero attached hydrogens (tertiary/aromatic N) is 1. The number of ketones is 1. The molecule has 0 unspecified atom stereocenters. The topological polar surface area (TPSA) is 69.4 Å². The van der Waals surface area contributed by atoms with Gasteiger partial charge in [0, 0.05) is 10.9 Å². The molecule has 0 amide bonds. The second-order valence-corrected chi connectivity index (χ2v) is 8.77. The van der Waals surface area contributed by atoms with Crippen molar-refractivity contribution in [2.45, 2.75) is 33.6 Å². The summed E-state index contributed by atoms with van der Waals surface area (Å²) < 4.78 is 11.1. The number of aryl methyl sites for hydroxylation is 3. The lowest BCUT2D eigenvalue weighted by molar-refractivity contribution is 0.0475. The molecule has 0 bridgehead atoms. The zero-order valence-corrected chi connectivity index (χ0v) is 19.5. The molecule has 0 radical (unpaired) electrons. The van der Waals surface area contributed by atoms with Crippen LogP contribution in [0.4, 0.5) is 0 Å². The Bertz CT molecular complexity index is 1460. The maximum Gasteiger partial charge on any atom is 0.339 e. The minimum Gasteiger partial charge on any atom is -0.465 e. The molecule has 0 fully saturated rings. The number of carbonyl (C=O) groups excluding carboxylic acids is 2. The molecule has 0 N–H and O–H groups in total. The Hall–Kier alpha value is -3.99. The minimum atomic E-state index is -0.496. The molecule has 0 spiro atoms. The molecule has 5 rings (SSSR count). The lowest BCUT2D eigenvalue weighted by atomic mass is 9.98. The smallest absolute Gasteiger partial charge is 0.339 e. The van der Waals surface area contributed by atoms with Crippen molar-refractivity contribution in [3.05, 3.63) is 99.6 Å². The van der Waals surface area contributed by atoms with Crippen molar-refractivity contribution in [1.82, 2.24) is 4.98 Å². The Morgan fingerprint density at radius 1 is 1.00 bits per heavy atom. The fourth-order valence-corrected chi connectivity index (χ4v) is 4.60. The molecule has 34 heavy (non-hydrogen) atoms. The van der Waals surface area contributed by atoms with Gasteiger partial charge in [-0.05, 0) is 91.8 Å². The number of ether oxygens (including phenoxy) is 1. The van der Waals surface area contributed by atoms with Crippen LogP contribution in [0.3, 0.4) is 0 Å². The number of para-hydroxylation sites is 1. The highest BCUT2D eigenvalue weighted by Crippen LogP contribution is 2.37. The maximum absolute atomic E-state index is 13.3. The third-order valence-electron chi connectivity index (χ3n) is 6.48. The molecule has 2 heterocycles. The van der Waals surface area contributed by atoms with Gasteiger partial charge in [0.05, 0.1) is 23.0 Å². The van der Waals surface area contributed by atoms with E-state index in [-0.39, 0.29) is 12.4 Å². The SMILES string of the molecule is Cc1cc(C)c(C(=O)COC(=O)c2c3c(nc4ccccc24)C(=Cc2ccco2)CC3)cc1C. The van der Waals surface area contributed by atoms with Gasteiger partial charge < -0.3 is 9.15 Å². The number of esters is 1. The van der Waals surface area contributed by atoms with Gasteiger partial charge in [0.25, 0.3) is 0 Å². The Labute approximate surface area is 198 Å². The van der Waals surface area contributed by atoms with Gasteiger partial charge in [0.15, 0.2) is 6.61 Å². The summed E-state index contributed by atoms with van der Waals surface area (Å²) >= 11 is 0. The number of aromatic nitrogens is 1. The van der Waals surface area contributed by atoms with Gasteiger partial charge >= 0.3 is 5.97 Å². The fraction of sp³-hybridized carbons (Fsp3) is 0.207. The van der Waals surface area contributed by atoms with Gasteiger partial charge in [-0.1, -0.05) is 24.3 Å². The summed E-state index contributed by atoms with van der Waals surface area (Å²) in [4.78, 5) is 31.1. The predicted molar refractivity (Wildman–Crippen MR) is 132 cm³/mol.